The monoisotopic (exact) mass is 295 g/mol. The van der Waals surface area contributed by atoms with Crippen LogP contribution in [-0.2, 0) is 4.79 Å². The molecule has 7 heteroatoms. The molecule has 1 rings (SSSR count). The van der Waals surface area contributed by atoms with Crippen molar-refractivity contribution in [1.29, 1.82) is 0 Å². The fourth-order valence-corrected chi connectivity index (χ4v) is 1.66. The van der Waals surface area contributed by atoms with Gasteiger partial charge in [-0.3, -0.25) is 14.9 Å². The number of nitrogens with zero attached hydrogens (tertiary/aromatic N) is 1. The molecule has 1 aromatic carbocycles. The Morgan fingerprint density at radius 3 is 2.71 bits per heavy atom. The average molecular weight is 295 g/mol. The highest BCUT2D eigenvalue weighted by Gasteiger charge is 2.14. The fourth-order valence-electron chi connectivity index (χ4n) is 1.66. The second kappa shape index (κ2) is 8.08. The molecule has 0 aromatic heterocycles. The Hall–Kier alpha value is -2.31. The lowest BCUT2D eigenvalue weighted by Gasteiger charge is -2.10. The summed E-state index contributed by atoms with van der Waals surface area (Å²) in [5.41, 5.74) is 0.300. The van der Waals surface area contributed by atoms with Crippen LogP contribution in [0.2, 0.25) is 0 Å². The van der Waals surface area contributed by atoms with Crippen molar-refractivity contribution >= 4 is 17.3 Å². The molecule has 0 atom stereocenters. The Morgan fingerprint density at radius 2 is 2.14 bits per heavy atom. The largest absolute Gasteiger partial charge is 0.497 e. The van der Waals surface area contributed by atoms with Gasteiger partial charge in [-0.15, -0.1) is 0 Å². The van der Waals surface area contributed by atoms with Crippen molar-refractivity contribution in [2.75, 3.05) is 25.5 Å². The molecule has 0 aliphatic carbocycles. The molecule has 0 aliphatic heterocycles. The number of carbonyl (C=O) groups excluding carboxylic acids is 1. The maximum Gasteiger partial charge on any atom is 0.292 e. The minimum absolute atomic E-state index is 0.0432. The van der Waals surface area contributed by atoms with Crippen molar-refractivity contribution in [2.45, 2.75) is 20.3 Å². The van der Waals surface area contributed by atoms with Gasteiger partial charge in [-0.05, 0) is 12.0 Å². The number of nitrogens with one attached hydrogen (secondary N) is 2. The first-order valence-corrected chi connectivity index (χ1v) is 6.77. The van der Waals surface area contributed by atoms with E-state index in [4.69, 9.17) is 4.74 Å². The highest BCUT2D eigenvalue weighted by atomic mass is 16.6. The number of hydrogen-bond acceptors (Lipinski definition) is 5. The Labute approximate surface area is 123 Å². The van der Waals surface area contributed by atoms with Gasteiger partial charge in [0.2, 0.25) is 5.91 Å². The van der Waals surface area contributed by atoms with E-state index in [1.165, 1.54) is 19.2 Å². The van der Waals surface area contributed by atoms with Gasteiger partial charge in [0.05, 0.1) is 12.0 Å². The molecule has 0 spiro atoms. The van der Waals surface area contributed by atoms with Crippen molar-refractivity contribution in [1.82, 2.24) is 5.32 Å². The summed E-state index contributed by atoms with van der Waals surface area (Å²) in [6, 6.07) is 4.45. The third kappa shape index (κ3) is 5.68. The van der Waals surface area contributed by atoms with Gasteiger partial charge in [0.1, 0.15) is 11.4 Å². The zero-order valence-corrected chi connectivity index (χ0v) is 12.5. The van der Waals surface area contributed by atoms with Gasteiger partial charge in [-0.1, -0.05) is 13.8 Å². The summed E-state index contributed by atoms with van der Waals surface area (Å²) in [7, 11) is 1.49. The van der Waals surface area contributed by atoms with Crippen LogP contribution in [-0.4, -0.2) is 31.0 Å². The minimum atomic E-state index is -0.472. The highest BCUT2D eigenvalue weighted by molar-refractivity contribution is 5.76. The van der Waals surface area contributed by atoms with E-state index in [0.29, 0.717) is 30.4 Å². The fraction of sp³-hybridized carbons (Fsp3) is 0.500. The Kier molecular flexibility index (Phi) is 6.45. The van der Waals surface area contributed by atoms with Crippen LogP contribution in [0.1, 0.15) is 20.3 Å². The van der Waals surface area contributed by atoms with E-state index in [1.807, 2.05) is 13.8 Å². The highest BCUT2D eigenvalue weighted by Crippen LogP contribution is 2.28. The van der Waals surface area contributed by atoms with Crippen molar-refractivity contribution < 1.29 is 14.5 Å². The van der Waals surface area contributed by atoms with Crippen LogP contribution in [0.3, 0.4) is 0 Å². The molecule has 0 fully saturated rings. The van der Waals surface area contributed by atoms with Crippen molar-refractivity contribution in [3.63, 3.8) is 0 Å². The van der Waals surface area contributed by atoms with E-state index in [9.17, 15) is 14.9 Å². The molecule has 7 nitrogen and oxygen atoms in total. The van der Waals surface area contributed by atoms with E-state index in [0.717, 1.165) is 0 Å². The first-order chi connectivity index (χ1) is 9.93. The molecule has 2 N–H and O–H groups in total. The number of ether oxygens (including phenoxy) is 1. The predicted octanol–water partition coefficient (Wildman–Crippen LogP) is 2.18. The molecule has 21 heavy (non-hydrogen) atoms. The molecule has 0 radical (unpaired) electrons. The van der Waals surface area contributed by atoms with E-state index >= 15 is 0 Å². The smallest absolute Gasteiger partial charge is 0.292 e. The standard InChI is InChI=1S/C14H21N3O4/c1-10(2)9-16-14(18)6-7-15-12-8-11(21-3)4-5-13(12)17(19)20/h4-5,8,10,15H,6-7,9H2,1-3H3,(H,16,18). The number of anilines is 1. The van der Waals surface area contributed by atoms with Gasteiger partial charge in [-0.2, -0.15) is 0 Å². The number of hydrogen-bond donors (Lipinski definition) is 2. The summed E-state index contributed by atoms with van der Waals surface area (Å²) >= 11 is 0. The van der Waals surface area contributed by atoms with Crippen LogP contribution in [0.25, 0.3) is 0 Å². The molecule has 0 heterocycles. The molecule has 1 aromatic rings. The number of amides is 1. The van der Waals surface area contributed by atoms with Crippen LogP contribution in [0.4, 0.5) is 11.4 Å². The second-order valence-corrected chi connectivity index (χ2v) is 5.01. The summed E-state index contributed by atoms with van der Waals surface area (Å²) < 4.78 is 5.04. The van der Waals surface area contributed by atoms with Crippen LogP contribution >= 0.6 is 0 Å². The number of carbonyl (C=O) groups is 1. The molecule has 0 bridgehead atoms. The second-order valence-electron chi connectivity index (χ2n) is 5.01. The zero-order chi connectivity index (χ0) is 15.8. The molecular formula is C14H21N3O4. The van der Waals surface area contributed by atoms with Crippen molar-refractivity contribution in [2.24, 2.45) is 5.92 Å². The molecule has 0 saturated heterocycles. The van der Waals surface area contributed by atoms with Gasteiger partial charge >= 0.3 is 0 Å². The van der Waals surface area contributed by atoms with Gasteiger partial charge in [0.25, 0.3) is 5.69 Å². The molecule has 0 saturated carbocycles. The number of nitro benzene ring substituents is 1. The van der Waals surface area contributed by atoms with Crippen LogP contribution in [0.5, 0.6) is 5.75 Å². The third-order valence-electron chi connectivity index (χ3n) is 2.78. The van der Waals surface area contributed by atoms with Crippen LogP contribution in [0.15, 0.2) is 18.2 Å². The predicted molar refractivity (Wildman–Crippen MR) is 80.6 cm³/mol. The normalized spacial score (nSPS) is 10.3. The van der Waals surface area contributed by atoms with Gasteiger partial charge in [0.15, 0.2) is 0 Å². The third-order valence-corrected chi connectivity index (χ3v) is 2.78. The van der Waals surface area contributed by atoms with Crippen molar-refractivity contribution in [3.8, 4) is 5.75 Å². The van der Waals surface area contributed by atoms with E-state index in [1.54, 1.807) is 6.07 Å². The van der Waals surface area contributed by atoms with Crippen molar-refractivity contribution in [3.05, 3.63) is 28.3 Å². The molecule has 1 amide bonds. The molecular weight excluding hydrogens is 274 g/mol. The first kappa shape index (κ1) is 16.7. The summed E-state index contributed by atoms with van der Waals surface area (Å²) in [6.07, 6.45) is 0.251. The number of methoxy groups -OCH3 is 1. The van der Waals surface area contributed by atoms with E-state index < -0.39 is 4.92 Å². The minimum Gasteiger partial charge on any atom is -0.497 e. The Balaban J connectivity index is 2.57. The van der Waals surface area contributed by atoms with Gasteiger partial charge < -0.3 is 15.4 Å². The Bertz CT molecular complexity index is 503. The molecule has 0 aliphatic rings. The molecule has 0 unspecified atom stereocenters. The quantitative estimate of drug-likeness (QED) is 0.566. The molecule has 116 valence electrons. The first-order valence-electron chi connectivity index (χ1n) is 6.77. The summed E-state index contributed by atoms with van der Waals surface area (Å²) in [5, 5.41) is 16.6. The maximum absolute atomic E-state index is 11.6. The zero-order valence-electron chi connectivity index (χ0n) is 12.5. The summed E-state index contributed by atoms with van der Waals surface area (Å²) in [6.45, 7) is 4.96. The summed E-state index contributed by atoms with van der Waals surface area (Å²) in [5.74, 6) is 0.829. The van der Waals surface area contributed by atoms with E-state index in [-0.39, 0.29) is 18.0 Å². The lowest BCUT2D eigenvalue weighted by atomic mass is 10.2. The number of rotatable bonds is 8. The van der Waals surface area contributed by atoms with E-state index in [2.05, 4.69) is 10.6 Å². The Morgan fingerprint density at radius 1 is 1.43 bits per heavy atom. The van der Waals surface area contributed by atoms with Gasteiger partial charge in [-0.25, -0.2) is 0 Å². The lowest BCUT2D eigenvalue weighted by Crippen LogP contribution is -2.28. The lowest BCUT2D eigenvalue weighted by molar-refractivity contribution is -0.384. The van der Waals surface area contributed by atoms with Gasteiger partial charge in [0, 0.05) is 31.6 Å². The number of benzene rings is 1. The van der Waals surface area contributed by atoms with Crippen LogP contribution < -0.4 is 15.4 Å². The average Bonchev–Trinajstić information content (AvgIpc) is 2.44. The maximum atomic E-state index is 11.6. The summed E-state index contributed by atoms with van der Waals surface area (Å²) in [4.78, 5) is 22.0. The SMILES string of the molecule is COc1ccc([N+](=O)[O-])c(NCCC(=O)NCC(C)C)c1. The topological polar surface area (TPSA) is 93.5 Å². The number of nitro groups is 1. The van der Waals surface area contributed by atoms with Crippen LogP contribution in [0, 0.1) is 16.0 Å².